The number of carbonyl (C=O) groups is 2. The van der Waals surface area contributed by atoms with E-state index < -0.39 is 12.0 Å². The van der Waals surface area contributed by atoms with Crippen LogP contribution < -0.4 is 5.32 Å². The highest BCUT2D eigenvalue weighted by Crippen LogP contribution is 2.17. The molecule has 0 radical (unpaired) electrons. The number of nitrogens with one attached hydrogen (secondary N) is 1. The third kappa shape index (κ3) is 4.01. The summed E-state index contributed by atoms with van der Waals surface area (Å²) >= 11 is 1.96. The number of thioether (sulfide) groups is 1. The highest BCUT2D eigenvalue weighted by molar-refractivity contribution is 7.99. The normalized spacial score (nSPS) is 24.4. The number of carboxylic acids is 1. The molecule has 0 aliphatic carbocycles. The fourth-order valence-corrected chi connectivity index (χ4v) is 3.49. The van der Waals surface area contributed by atoms with Crippen LogP contribution in [0.2, 0.25) is 0 Å². The van der Waals surface area contributed by atoms with Crippen molar-refractivity contribution < 1.29 is 14.7 Å². The minimum atomic E-state index is -0.902. The van der Waals surface area contributed by atoms with E-state index in [-0.39, 0.29) is 6.03 Å². The average Bonchev–Trinajstić information content (AvgIpc) is 2.89. The van der Waals surface area contributed by atoms with Crippen molar-refractivity contribution in [2.75, 3.05) is 44.2 Å². The molecule has 0 bridgehead atoms. The lowest BCUT2D eigenvalue weighted by molar-refractivity contribution is -0.141. The molecular weight excluding hydrogens is 266 g/mol. The van der Waals surface area contributed by atoms with E-state index in [0.717, 1.165) is 37.6 Å². The van der Waals surface area contributed by atoms with Gasteiger partial charge in [0.05, 0.1) is 0 Å². The predicted octanol–water partition coefficient (Wildman–Crippen LogP) is 0.294. The molecule has 2 aliphatic rings. The lowest BCUT2D eigenvalue weighted by Crippen LogP contribution is -2.48. The number of nitrogens with zero attached hydrogens (tertiary/aromatic N) is 2. The molecular formula is C12H21N3O3S. The second-order valence-corrected chi connectivity index (χ2v) is 6.10. The van der Waals surface area contributed by atoms with Gasteiger partial charge in [-0.15, -0.1) is 0 Å². The van der Waals surface area contributed by atoms with Crippen LogP contribution in [-0.2, 0) is 4.79 Å². The van der Waals surface area contributed by atoms with Crippen molar-refractivity contribution >= 4 is 23.8 Å². The molecule has 2 heterocycles. The van der Waals surface area contributed by atoms with Crippen molar-refractivity contribution in [3.05, 3.63) is 0 Å². The number of rotatable bonds is 4. The first-order valence-electron chi connectivity index (χ1n) is 6.76. The Morgan fingerprint density at radius 1 is 1.26 bits per heavy atom. The summed E-state index contributed by atoms with van der Waals surface area (Å²) in [5, 5.41) is 11.9. The fourth-order valence-electron chi connectivity index (χ4n) is 2.51. The van der Waals surface area contributed by atoms with Crippen LogP contribution in [0.15, 0.2) is 0 Å². The van der Waals surface area contributed by atoms with E-state index in [2.05, 4.69) is 10.2 Å². The Kier molecular flexibility index (Phi) is 5.33. The van der Waals surface area contributed by atoms with Crippen molar-refractivity contribution in [2.45, 2.75) is 18.9 Å². The zero-order valence-electron chi connectivity index (χ0n) is 11.0. The van der Waals surface area contributed by atoms with Gasteiger partial charge in [0.1, 0.15) is 6.04 Å². The van der Waals surface area contributed by atoms with Crippen LogP contribution >= 0.6 is 11.8 Å². The third-order valence-corrected chi connectivity index (χ3v) is 4.55. The standard InChI is InChI=1S/C12H21N3O3S/c16-11(17)10-2-1-4-15(10)12(18)13-3-5-14-6-8-19-9-7-14/h10H,1-9H2,(H,13,18)(H,16,17)/t10-/m0/s1. The van der Waals surface area contributed by atoms with E-state index in [1.165, 1.54) is 4.90 Å². The Labute approximate surface area is 117 Å². The van der Waals surface area contributed by atoms with E-state index in [1.807, 2.05) is 11.8 Å². The van der Waals surface area contributed by atoms with Gasteiger partial charge in [-0.25, -0.2) is 9.59 Å². The molecule has 2 rings (SSSR count). The van der Waals surface area contributed by atoms with Gasteiger partial charge < -0.3 is 15.3 Å². The Morgan fingerprint density at radius 2 is 2.00 bits per heavy atom. The van der Waals surface area contributed by atoms with Crippen LogP contribution in [0.3, 0.4) is 0 Å². The van der Waals surface area contributed by atoms with Gasteiger partial charge >= 0.3 is 12.0 Å². The van der Waals surface area contributed by atoms with E-state index in [0.29, 0.717) is 19.5 Å². The summed E-state index contributed by atoms with van der Waals surface area (Å²) in [6.07, 6.45) is 1.33. The molecule has 2 fully saturated rings. The van der Waals surface area contributed by atoms with E-state index >= 15 is 0 Å². The second kappa shape index (κ2) is 7.00. The lowest BCUT2D eigenvalue weighted by Gasteiger charge is -2.27. The highest BCUT2D eigenvalue weighted by Gasteiger charge is 2.33. The number of hydrogen-bond donors (Lipinski definition) is 2. The van der Waals surface area contributed by atoms with Crippen molar-refractivity contribution in [3.63, 3.8) is 0 Å². The summed E-state index contributed by atoms with van der Waals surface area (Å²) < 4.78 is 0. The van der Waals surface area contributed by atoms with Crippen LogP contribution in [0.4, 0.5) is 4.79 Å². The largest absolute Gasteiger partial charge is 0.480 e. The number of amides is 2. The van der Waals surface area contributed by atoms with Gasteiger partial charge in [0, 0.05) is 44.2 Å². The molecule has 0 aromatic rings. The third-order valence-electron chi connectivity index (χ3n) is 3.61. The van der Waals surface area contributed by atoms with Crippen LogP contribution in [-0.4, -0.2) is 77.2 Å². The van der Waals surface area contributed by atoms with Crippen LogP contribution in [0, 0.1) is 0 Å². The van der Waals surface area contributed by atoms with Crippen LogP contribution in [0.5, 0.6) is 0 Å². The number of carbonyl (C=O) groups excluding carboxylic acids is 1. The first kappa shape index (κ1) is 14.5. The smallest absolute Gasteiger partial charge is 0.326 e. The van der Waals surface area contributed by atoms with Crippen molar-refractivity contribution in [2.24, 2.45) is 0 Å². The van der Waals surface area contributed by atoms with Gasteiger partial charge in [-0.05, 0) is 12.8 Å². The van der Waals surface area contributed by atoms with Gasteiger partial charge in [-0.2, -0.15) is 11.8 Å². The van der Waals surface area contributed by atoms with E-state index in [9.17, 15) is 9.59 Å². The fraction of sp³-hybridized carbons (Fsp3) is 0.833. The summed E-state index contributed by atoms with van der Waals surface area (Å²) in [7, 11) is 0. The molecule has 0 spiro atoms. The molecule has 2 aliphatic heterocycles. The maximum absolute atomic E-state index is 11.9. The van der Waals surface area contributed by atoms with Gasteiger partial charge in [0.2, 0.25) is 0 Å². The number of hydrogen-bond acceptors (Lipinski definition) is 4. The average molecular weight is 287 g/mol. The maximum Gasteiger partial charge on any atom is 0.326 e. The zero-order valence-corrected chi connectivity index (χ0v) is 11.8. The minimum Gasteiger partial charge on any atom is -0.480 e. The van der Waals surface area contributed by atoms with Crippen molar-refractivity contribution in [3.8, 4) is 0 Å². The summed E-state index contributed by atoms with van der Waals surface area (Å²) in [5.41, 5.74) is 0. The molecule has 19 heavy (non-hydrogen) atoms. The molecule has 6 nitrogen and oxygen atoms in total. The zero-order chi connectivity index (χ0) is 13.7. The Bertz CT molecular complexity index is 334. The van der Waals surface area contributed by atoms with Gasteiger partial charge in [-0.1, -0.05) is 0 Å². The lowest BCUT2D eigenvalue weighted by atomic mass is 10.2. The second-order valence-electron chi connectivity index (χ2n) is 4.88. The highest BCUT2D eigenvalue weighted by atomic mass is 32.2. The summed E-state index contributed by atoms with van der Waals surface area (Å²) in [6, 6.07) is -0.886. The molecule has 7 heteroatoms. The summed E-state index contributed by atoms with van der Waals surface area (Å²) in [6.45, 7) is 4.12. The SMILES string of the molecule is O=C(O)[C@@H]1CCCN1C(=O)NCCN1CCSCC1. The Hall–Kier alpha value is -0.950. The summed E-state index contributed by atoms with van der Waals surface area (Å²) in [5.74, 6) is 1.41. The molecule has 0 saturated carbocycles. The Balaban J connectivity index is 1.70. The number of carboxylic acid groups (broad SMARTS) is 1. The van der Waals surface area contributed by atoms with E-state index in [4.69, 9.17) is 5.11 Å². The first-order chi connectivity index (χ1) is 9.18. The van der Waals surface area contributed by atoms with Gasteiger partial charge in [0.15, 0.2) is 0 Å². The van der Waals surface area contributed by atoms with Crippen LogP contribution in [0.1, 0.15) is 12.8 Å². The van der Waals surface area contributed by atoms with E-state index in [1.54, 1.807) is 0 Å². The topological polar surface area (TPSA) is 72.9 Å². The number of aliphatic carboxylic acids is 1. The Morgan fingerprint density at radius 3 is 2.68 bits per heavy atom. The first-order valence-corrected chi connectivity index (χ1v) is 7.91. The van der Waals surface area contributed by atoms with Gasteiger partial charge in [-0.3, -0.25) is 4.90 Å². The van der Waals surface area contributed by atoms with Crippen molar-refractivity contribution in [1.82, 2.24) is 15.1 Å². The molecule has 2 saturated heterocycles. The number of likely N-dealkylation sites (tertiary alicyclic amines) is 1. The van der Waals surface area contributed by atoms with Crippen molar-refractivity contribution in [1.29, 1.82) is 0 Å². The molecule has 0 unspecified atom stereocenters. The number of urea groups is 1. The summed E-state index contributed by atoms with van der Waals surface area (Å²) in [4.78, 5) is 26.7. The molecule has 0 aromatic carbocycles. The minimum absolute atomic E-state index is 0.240. The molecule has 2 N–H and O–H groups in total. The van der Waals surface area contributed by atoms with Gasteiger partial charge in [0.25, 0.3) is 0 Å². The molecule has 108 valence electrons. The quantitative estimate of drug-likeness (QED) is 0.778. The molecule has 1 atom stereocenters. The molecule has 0 aromatic heterocycles. The molecule has 2 amide bonds. The predicted molar refractivity (Wildman–Crippen MR) is 74.5 cm³/mol. The van der Waals surface area contributed by atoms with Crippen LogP contribution in [0.25, 0.3) is 0 Å². The maximum atomic E-state index is 11.9. The monoisotopic (exact) mass is 287 g/mol.